The van der Waals surface area contributed by atoms with Crippen molar-refractivity contribution in [1.82, 2.24) is 15.5 Å². The van der Waals surface area contributed by atoms with E-state index in [4.69, 9.17) is 4.74 Å². The van der Waals surface area contributed by atoms with Crippen LogP contribution in [0.5, 0.6) is 0 Å². The minimum atomic E-state index is 0.0416. The maximum absolute atomic E-state index is 11.9. The molecular formula is C14H27N3O2. The van der Waals surface area contributed by atoms with Gasteiger partial charge in [0.25, 0.3) is 0 Å². The molecule has 0 aromatic heterocycles. The van der Waals surface area contributed by atoms with Gasteiger partial charge in [-0.1, -0.05) is 6.92 Å². The van der Waals surface area contributed by atoms with Gasteiger partial charge in [0, 0.05) is 12.6 Å². The fourth-order valence-corrected chi connectivity index (χ4v) is 2.97. The molecule has 2 aliphatic rings. The zero-order valence-electron chi connectivity index (χ0n) is 12.2. The van der Waals surface area contributed by atoms with Crippen LogP contribution < -0.4 is 10.6 Å². The highest BCUT2D eigenvalue weighted by atomic mass is 16.5. The lowest BCUT2D eigenvalue weighted by atomic mass is 9.94. The molecule has 2 fully saturated rings. The van der Waals surface area contributed by atoms with Gasteiger partial charge in [-0.2, -0.15) is 0 Å². The highest BCUT2D eigenvalue weighted by molar-refractivity contribution is 5.77. The van der Waals surface area contributed by atoms with Crippen LogP contribution in [0.2, 0.25) is 0 Å². The second kappa shape index (κ2) is 7.22. The number of hydrogen-bond acceptors (Lipinski definition) is 4. The van der Waals surface area contributed by atoms with Crippen molar-refractivity contribution in [2.75, 3.05) is 39.8 Å². The summed E-state index contributed by atoms with van der Waals surface area (Å²) in [6.45, 7) is 6.53. The number of nitrogens with one attached hydrogen (secondary N) is 2. The zero-order valence-corrected chi connectivity index (χ0v) is 12.2. The molecule has 2 unspecified atom stereocenters. The van der Waals surface area contributed by atoms with Crippen LogP contribution in [0.1, 0.15) is 26.2 Å². The molecule has 0 spiro atoms. The summed E-state index contributed by atoms with van der Waals surface area (Å²) in [6.07, 6.45) is 3.31. The van der Waals surface area contributed by atoms with Crippen molar-refractivity contribution in [3.05, 3.63) is 0 Å². The summed E-state index contributed by atoms with van der Waals surface area (Å²) in [5.41, 5.74) is 0. The van der Waals surface area contributed by atoms with Crippen molar-refractivity contribution in [3.63, 3.8) is 0 Å². The van der Waals surface area contributed by atoms with Gasteiger partial charge in [-0.05, 0) is 51.9 Å². The van der Waals surface area contributed by atoms with E-state index in [2.05, 4.69) is 29.5 Å². The quantitative estimate of drug-likeness (QED) is 0.766. The second-order valence-corrected chi connectivity index (χ2v) is 5.96. The van der Waals surface area contributed by atoms with Crippen LogP contribution in [-0.2, 0) is 9.53 Å². The van der Waals surface area contributed by atoms with Gasteiger partial charge in [0.1, 0.15) is 6.61 Å². The highest BCUT2D eigenvalue weighted by Gasteiger charge is 2.25. The number of ether oxygens (including phenoxy) is 1. The van der Waals surface area contributed by atoms with E-state index in [1.807, 2.05) is 0 Å². The van der Waals surface area contributed by atoms with Gasteiger partial charge in [-0.15, -0.1) is 0 Å². The molecule has 2 heterocycles. The van der Waals surface area contributed by atoms with Crippen molar-refractivity contribution in [2.24, 2.45) is 5.92 Å². The van der Waals surface area contributed by atoms with Crippen molar-refractivity contribution in [1.29, 1.82) is 0 Å². The van der Waals surface area contributed by atoms with Gasteiger partial charge in [-0.3, -0.25) is 4.79 Å². The summed E-state index contributed by atoms with van der Waals surface area (Å²) in [5, 5.41) is 6.42. The number of amides is 1. The van der Waals surface area contributed by atoms with Crippen LogP contribution in [0.4, 0.5) is 0 Å². The van der Waals surface area contributed by atoms with Crippen LogP contribution in [0, 0.1) is 5.92 Å². The number of likely N-dealkylation sites (tertiary alicyclic amines) is 1. The Morgan fingerprint density at radius 3 is 2.79 bits per heavy atom. The molecule has 2 rings (SSSR count). The first kappa shape index (κ1) is 14.8. The molecule has 0 aliphatic carbocycles. The first-order valence-corrected chi connectivity index (χ1v) is 7.45. The van der Waals surface area contributed by atoms with Crippen LogP contribution in [0.3, 0.4) is 0 Å². The normalized spacial score (nSPS) is 30.2. The van der Waals surface area contributed by atoms with Gasteiger partial charge >= 0.3 is 0 Å². The van der Waals surface area contributed by atoms with Gasteiger partial charge in [0.2, 0.25) is 5.91 Å². The maximum Gasteiger partial charge on any atom is 0.246 e. The third-order valence-electron chi connectivity index (χ3n) is 4.19. The summed E-state index contributed by atoms with van der Waals surface area (Å²) in [7, 11) is 2.13. The topological polar surface area (TPSA) is 53.6 Å². The smallest absolute Gasteiger partial charge is 0.246 e. The Hall–Kier alpha value is -0.650. The Labute approximate surface area is 116 Å². The van der Waals surface area contributed by atoms with E-state index in [0.29, 0.717) is 12.0 Å². The fraction of sp³-hybridized carbons (Fsp3) is 0.929. The number of rotatable bonds is 4. The molecule has 2 N–H and O–H groups in total. The summed E-state index contributed by atoms with van der Waals surface area (Å²) in [6, 6.07) is 0.306. The van der Waals surface area contributed by atoms with Gasteiger partial charge in [0.05, 0.1) is 6.10 Å². The molecule has 0 aromatic rings. The molecule has 5 heteroatoms. The first-order valence-electron chi connectivity index (χ1n) is 7.45. The van der Waals surface area contributed by atoms with Crippen LogP contribution in [0.15, 0.2) is 0 Å². The number of hydrogen-bond donors (Lipinski definition) is 2. The molecule has 0 saturated carbocycles. The Balaban J connectivity index is 1.66. The summed E-state index contributed by atoms with van der Waals surface area (Å²) < 4.78 is 5.68. The van der Waals surface area contributed by atoms with Gasteiger partial charge in [0.15, 0.2) is 0 Å². The second-order valence-electron chi connectivity index (χ2n) is 5.96. The minimum absolute atomic E-state index is 0.0416. The molecule has 19 heavy (non-hydrogen) atoms. The van der Waals surface area contributed by atoms with Gasteiger partial charge < -0.3 is 20.3 Å². The van der Waals surface area contributed by atoms with Crippen molar-refractivity contribution >= 4 is 5.91 Å². The molecule has 1 amide bonds. The van der Waals surface area contributed by atoms with E-state index < -0.39 is 0 Å². The van der Waals surface area contributed by atoms with E-state index in [1.165, 1.54) is 0 Å². The molecule has 0 radical (unpaired) electrons. The number of nitrogens with zero attached hydrogens (tertiary/aromatic N) is 1. The molecule has 0 bridgehead atoms. The maximum atomic E-state index is 11.9. The minimum Gasteiger partial charge on any atom is -0.368 e. The average Bonchev–Trinajstić information content (AvgIpc) is 2.41. The number of carbonyl (C=O) groups is 1. The van der Waals surface area contributed by atoms with E-state index in [9.17, 15) is 4.79 Å². The Bertz CT molecular complexity index is 292. The molecule has 2 saturated heterocycles. The third kappa shape index (κ3) is 4.75. The predicted molar refractivity (Wildman–Crippen MR) is 75.1 cm³/mol. The highest BCUT2D eigenvalue weighted by Crippen LogP contribution is 2.15. The molecular weight excluding hydrogens is 242 g/mol. The van der Waals surface area contributed by atoms with Gasteiger partial charge in [-0.25, -0.2) is 0 Å². The summed E-state index contributed by atoms with van der Waals surface area (Å²) in [4.78, 5) is 14.2. The van der Waals surface area contributed by atoms with E-state index in [1.54, 1.807) is 0 Å². The molecule has 2 atom stereocenters. The fourth-order valence-electron chi connectivity index (χ4n) is 2.97. The lowest BCUT2D eigenvalue weighted by Crippen LogP contribution is -2.50. The monoisotopic (exact) mass is 269 g/mol. The third-order valence-corrected chi connectivity index (χ3v) is 4.19. The Kier molecular flexibility index (Phi) is 5.60. The predicted octanol–water partition coefficient (Wildman–Crippen LogP) is 0.211. The van der Waals surface area contributed by atoms with Crippen LogP contribution in [-0.4, -0.2) is 62.8 Å². The molecule has 110 valence electrons. The number of piperidine rings is 2. The molecule has 5 nitrogen and oxygen atoms in total. The zero-order chi connectivity index (χ0) is 13.7. The van der Waals surface area contributed by atoms with E-state index in [0.717, 1.165) is 45.4 Å². The summed E-state index contributed by atoms with van der Waals surface area (Å²) in [5.74, 6) is 0.557. The van der Waals surface area contributed by atoms with E-state index in [-0.39, 0.29) is 18.6 Å². The van der Waals surface area contributed by atoms with Crippen LogP contribution in [0.25, 0.3) is 0 Å². The summed E-state index contributed by atoms with van der Waals surface area (Å²) >= 11 is 0. The number of carbonyl (C=O) groups excluding carboxylic acids is 1. The molecule has 2 aliphatic heterocycles. The standard InChI is InChI=1S/C14H27N3O2/c1-11-9-17(2)8-5-13(11)16-14(18)10-19-12-3-6-15-7-4-12/h11-13,15H,3-10H2,1-2H3,(H,16,18). The van der Waals surface area contributed by atoms with Crippen molar-refractivity contribution in [3.8, 4) is 0 Å². The average molecular weight is 269 g/mol. The lowest BCUT2D eigenvalue weighted by Gasteiger charge is -2.35. The SMILES string of the molecule is CC1CN(C)CCC1NC(=O)COC1CCNCC1. The Morgan fingerprint density at radius 2 is 2.11 bits per heavy atom. The largest absolute Gasteiger partial charge is 0.368 e. The first-order chi connectivity index (χ1) is 9.15. The molecule has 0 aromatic carbocycles. The van der Waals surface area contributed by atoms with Crippen molar-refractivity contribution in [2.45, 2.75) is 38.3 Å². The van der Waals surface area contributed by atoms with E-state index >= 15 is 0 Å². The Morgan fingerprint density at radius 1 is 1.37 bits per heavy atom. The lowest BCUT2D eigenvalue weighted by molar-refractivity contribution is -0.129. The van der Waals surface area contributed by atoms with Crippen LogP contribution >= 0.6 is 0 Å². The van der Waals surface area contributed by atoms with Crippen molar-refractivity contribution < 1.29 is 9.53 Å².